The van der Waals surface area contributed by atoms with Gasteiger partial charge in [0.2, 0.25) is 5.91 Å². The largest absolute Gasteiger partial charge is 0.391 e. The molecule has 1 fully saturated rings. The summed E-state index contributed by atoms with van der Waals surface area (Å²) in [5, 5.41) is 17.4. The number of carbonyl (C=O) groups excluding carboxylic acids is 1. The van der Waals surface area contributed by atoms with Crippen LogP contribution in [0.3, 0.4) is 0 Å². The molecule has 1 amide bonds. The number of aliphatic hydroxyl groups is 1. The lowest BCUT2D eigenvalue weighted by Crippen LogP contribution is -2.47. The molecule has 1 heterocycles. The second kappa shape index (κ2) is 6.56. The van der Waals surface area contributed by atoms with Gasteiger partial charge >= 0.3 is 0 Å². The molecule has 1 aliphatic carbocycles. The zero-order valence-corrected chi connectivity index (χ0v) is 13.3. The molecule has 0 spiro atoms. The number of nitrogens with one attached hydrogen (secondary N) is 1. The van der Waals surface area contributed by atoms with Crippen molar-refractivity contribution in [2.45, 2.75) is 64.5 Å². The molecule has 118 valence electrons. The van der Waals surface area contributed by atoms with Crippen LogP contribution in [-0.4, -0.2) is 37.9 Å². The lowest BCUT2D eigenvalue weighted by molar-refractivity contribution is -0.123. The van der Waals surface area contributed by atoms with Crippen molar-refractivity contribution in [2.75, 3.05) is 0 Å². The van der Waals surface area contributed by atoms with Crippen molar-refractivity contribution in [1.82, 2.24) is 20.1 Å². The van der Waals surface area contributed by atoms with E-state index in [-0.39, 0.29) is 17.9 Å². The fraction of sp³-hybridized carbons (Fsp3) is 0.800. The Balaban J connectivity index is 2.02. The van der Waals surface area contributed by atoms with Gasteiger partial charge in [0.1, 0.15) is 11.6 Å². The Hall–Kier alpha value is -1.43. The van der Waals surface area contributed by atoms with Crippen molar-refractivity contribution in [2.24, 2.45) is 13.0 Å². The van der Waals surface area contributed by atoms with Gasteiger partial charge in [-0.15, -0.1) is 0 Å². The highest BCUT2D eigenvalue weighted by Gasteiger charge is 2.33. The Morgan fingerprint density at radius 1 is 1.48 bits per heavy atom. The first kappa shape index (κ1) is 15.9. The van der Waals surface area contributed by atoms with Crippen LogP contribution in [0.15, 0.2) is 0 Å². The summed E-state index contributed by atoms with van der Waals surface area (Å²) in [5.41, 5.74) is 0. The van der Waals surface area contributed by atoms with Gasteiger partial charge in [-0.2, -0.15) is 5.10 Å². The molecule has 1 aromatic rings. The maximum absolute atomic E-state index is 11.9. The number of amides is 1. The molecule has 0 unspecified atom stereocenters. The number of carbonyl (C=O) groups is 1. The van der Waals surface area contributed by atoms with Crippen LogP contribution < -0.4 is 5.32 Å². The van der Waals surface area contributed by atoms with Crippen molar-refractivity contribution < 1.29 is 9.90 Å². The Labute approximate surface area is 126 Å². The minimum Gasteiger partial charge on any atom is -0.391 e. The van der Waals surface area contributed by atoms with E-state index in [1.54, 1.807) is 0 Å². The molecule has 1 aliphatic rings. The minimum absolute atomic E-state index is 0.0174. The summed E-state index contributed by atoms with van der Waals surface area (Å²) in [7, 11) is 1.90. The standard InChI is InChI=1S/C15H26N4O2/c1-9(2)7-14(21)17-12-8-11(5-6-13(12)20)15-16-10(3)18-19(15)4/h9,11-13,20H,5-8H2,1-4H3,(H,17,21)/t11-,12+,13+/m0/s1. The molecule has 6 heteroatoms. The molecule has 2 N–H and O–H groups in total. The first-order chi connectivity index (χ1) is 9.86. The van der Waals surface area contributed by atoms with Gasteiger partial charge in [-0.05, 0) is 32.1 Å². The van der Waals surface area contributed by atoms with Crippen LogP contribution >= 0.6 is 0 Å². The van der Waals surface area contributed by atoms with Crippen molar-refractivity contribution in [3.8, 4) is 0 Å². The molecular weight excluding hydrogens is 268 g/mol. The lowest BCUT2D eigenvalue weighted by Gasteiger charge is -2.33. The fourth-order valence-electron chi connectivity index (χ4n) is 3.07. The predicted molar refractivity (Wildman–Crippen MR) is 79.7 cm³/mol. The van der Waals surface area contributed by atoms with Crippen molar-refractivity contribution in [3.63, 3.8) is 0 Å². The zero-order valence-electron chi connectivity index (χ0n) is 13.3. The predicted octanol–water partition coefficient (Wildman–Crippen LogP) is 1.28. The van der Waals surface area contributed by atoms with Gasteiger partial charge in [-0.25, -0.2) is 4.98 Å². The second-order valence-corrected chi connectivity index (χ2v) is 6.49. The van der Waals surface area contributed by atoms with E-state index in [1.807, 2.05) is 32.5 Å². The topological polar surface area (TPSA) is 80.0 Å². The Kier molecular flexibility index (Phi) is 4.98. The number of hydrogen-bond acceptors (Lipinski definition) is 4. The summed E-state index contributed by atoms with van der Waals surface area (Å²) in [5.74, 6) is 2.29. The highest BCUT2D eigenvalue weighted by molar-refractivity contribution is 5.76. The number of aryl methyl sites for hydroxylation is 2. The van der Waals surface area contributed by atoms with E-state index in [2.05, 4.69) is 15.4 Å². The number of nitrogens with zero attached hydrogens (tertiary/aromatic N) is 3. The SMILES string of the molecule is Cc1nc([C@H]2CC[C@@H](O)[C@H](NC(=O)CC(C)C)C2)n(C)n1. The molecule has 2 rings (SSSR count). The smallest absolute Gasteiger partial charge is 0.220 e. The third kappa shape index (κ3) is 4.03. The van der Waals surface area contributed by atoms with Crippen LogP contribution in [0, 0.1) is 12.8 Å². The van der Waals surface area contributed by atoms with Crippen LogP contribution in [0.4, 0.5) is 0 Å². The first-order valence-electron chi connectivity index (χ1n) is 7.71. The summed E-state index contributed by atoms with van der Waals surface area (Å²) in [4.78, 5) is 16.4. The Bertz CT molecular complexity index is 498. The van der Waals surface area contributed by atoms with E-state index in [4.69, 9.17) is 0 Å². The number of aliphatic hydroxyl groups excluding tert-OH is 1. The van der Waals surface area contributed by atoms with Gasteiger partial charge < -0.3 is 10.4 Å². The average molecular weight is 294 g/mol. The molecule has 6 nitrogen and oxygen atoms in total. The van der Waals surface area contributed by atoms with Crippen LogP contribution in [0.1, 0.15) is 57.1 Å². The lowest BCUT2D eigenvalue weighted by atomic mass is 9.83. The van der Waals surface area contributed by atoms with E-state index in [0.717, 1.165) is 24.5 Å². The molecule has 21 heavy (non-hydrogen) atoms. The molecule has 0 aromatic carbocycles. The minimum atomic E-state index is -0.466. The highest BCUT2D eigenvalue weighted by Crippen LogP contribution is 2.32. The fourth-order valence-corrected chi connectivity index (χ4v) is 3.07. The molecule has 0 radical (unpaired) electrons. The monoisotopic (exact) mass is 294 g/mol. The van der Waals surface area contributed by atoms with E-state index in [9.17, 15) is 9.90 Å². The maximum Gasteiger partial charge on any atom is 0.220 e. The molecular formula is C15H26N4O2. The van der Waals surface area contributed by atoms with E-state index in [0.29, 0.717) is 18.8 Å². The third-order valence-corrected chi connectivity index (χ3v) is 4.02. The summed E-state index contributed by atoms with van der Waals surface area (Å²) in [6, 6.07) is -0.188. The number of hydrogen-bond donors (Lipinski definition) is 2. The quantitative estimate of drug-likeness (QED) is 0.876. The van der Waals surface area contributed by atoms with Crippen molar-refractivity contribution in [1.29, 1.82) is 0 Å². The van der Waals surface area contributed by atoms with E-state index in [1.165, 1.54) is 0 Å². The summed E-state index contributed by atoms with van der Waals surface area (Å²) < 4.78 is 1.81. The van der Waals surface area contributed by atoms with Crippen LogP contribution in [-0.2, 0) is 11.8 Å². The summed E-state index contributed by atoms with van der Waals surface area (Å²) in [6.07, 6.45) is 2.31. The third-order valence-electron chi connectivity index (χ3n) is 4.02. The van der Waals surface area contributed by atoms with Crippen LogP contribution in [0.25, 0.3) is 0 Å². The Morgan fingerprint density at radius 2 is 2.19 bits per heavy atom. The van der Waals surface area contributed by atoms with Gasteiger partial charge in [-0.3, -0.25) is 9.48 Å². The zero-order chi connectivity index (χ0) is 15.6. The van der Waals surface area contributed by atoms with Crippen molar-refractivity contribution >= 4 is 5.91 Å². The van der Waals surface area contributed by atoms with E-state index >= 15 is 0 Å². The van der Waals surface area contributed by atoms with Gasteiger partial charge in [0.15, 0.2) is 0 Å². The molecule has 1 aromatic heterocycles. The van der Waals surface area contributed by atoms with Crippen molar-refractivity contribution in [3.05, 3.63) is 11.6 Å². The Morgan fingerprint density at radius 3 is 2.76 bits per heavy atom. The number of rotatable bonds is 4. The van der Waals surface area contributed by atoms with E-state index < -0.39 is 6.10 Å². The average Bonchev–Trinajstić information content (AvgIpc) is 2.70. The molecule has 0 aliphatic heterocycles. The highest BCUT2D eigenvalue weighted by atomic mass is 16.3. The summed E-state index contributed by atoms with van der Waals surface area (Å²) >= 11 is 0. The number of aromatic nitrogens is 3. The second-order valence-electron chi connectivity index (χ2n) is 6.49. The first-order valence-corrected chi connectivity index (χ1v) is 7.71. The normalized spacial score (nSPS) is 26.1. The summed E-state index contributed by atoms with van der Waals surface area (Å²) in [6.45, 7) is 5.91. The van der Waals surface area contributed by atoms with Gasteiger partial charge in [0, 0.05) is 19.4 Å². The molecule has 0 saturated heterocycles. The van der Waals surface area contributed by atoms with Gasteiger partial charge in [0.05, 0.1) is 12.1 Å². The van der Waals surface area contributed by atoms with Gasteiger partial charge in [0.25, 0.3) is 0 Å². The van der Waals surface area contributed by atoms with Crippen LogP contribution in [0.2, 0.25) is 0 Å². The molecule has 0 bridgehead atoms. The van der Waals surface area contributed by atoms with Gasteiger partial charge in [-0.1, -0.05) is 13.8 Å². The van der Waals surface area contributed by atoms with Crippen LogP contribution in [0.5, 0.6) is 0 Å². The maximum atomic E-state index is 11.9. The molecule has 3 atom stereocenters. The molecule has 1 saturated carbocycles.